The molecule has 1 aliphatic heterocycles. The molecule has 1 heterocycles. The molecule has 0 aromatic heterocycles. The first-order valence-corrected chi connectivity index (χ1v) is 7.96. The molecule has 0 unspecified atom stereocenters. The summed E-state index contributed by atoms with van der Waals surface area (Å²) in [6, 6.07) is -0.0884. The molecule has 0 aromatic carbocycles. The molecule has 120 valence electrons. The van der Waals surface area contributed by atoms with Crippen LogP contribution in [0, 0.1) is 11.8 Å². The molecule has 2 rings (SSSR count). The Morgan fingerprint density at radius 3 is 2.19 bits per heavy atom. The highest BCUT2D eigenvalue weighted by Gasteiger charge is 2.33. The van der Waals surface area contributed by atoms with E-state index in [1.807, 2.05) is 0 Å². The third-order valence-electron chi connectivity index (χ3n) is 4.51. The highest BCUT2D eigenvalue weighted by Crippen LogP contribution is 2.30. The van der Waals surface area contributed by atoms with Crippen LogP contribution in [0.4, 0.5) is 0 Å². The van der Waals surface area contributed by atoms with Crippen LogP contribution in [0.2, 0.25) is 0 Å². The third-order valence-corrected chi connectivity index (χ3v) is 4.51. The molecule has 0 bridgehead atoms. The van der Waals surface area contributed by atoms with E-state index in [9.17, 15) is 5.11 Å². The van der Waals surface area contributed by atoms with Crippen LogP contribution in [0.5, 0.6) is 0 Å². The van der Waals surface area contributed by atoms with Crippen LogP contribution in [0.15, 0.2) is 9.98 Å². The zero-order chi connectivity index (χ0) is 15.4. The molecule has 0 spiro atoms. The molecular formula is C16H28N2O3. The lowest BCUT2D eigenvalue weighted by atomic mass is 9.83. The first-order valence-electron chi connectivity index (χ1n) is 7.96. The van der Waals surface area contributed by atoms with Crippen LogP contribution in [-0.2, 0) is 9.47 Å². The SMILES string of the molecule is COC1=N[C@H](C(C)C)C(OC)=N[C@H]1CC1CCC(O)CC1. The number of aliphatic hydroxyl groups is 1. The molecule has 2 atom stereocenters. The van der Waals surface area contributed by atoms with Crippen LogP contribution in [0.1, 0.15) is 46.0 Å². The van der Waals surface area contributed by atoms with Crippen molar-refractivity contribution in [2.75, 3.05) is 14.2 Å². The number of hydrogen-bond acceptors (Lipinski definition) is 5. The summed E-state index contributed by atoms with van der Waals surface area (Å²) in [5, 5.41) is 9.61. The summed E-state index contributed by atoms with van der Waals surface area (Å²) in [4.78, 5) is 9.45. The van der Waals surface area contributed by atoms with E-state index >= 15 is 0 Å². The average molecular weight is 296 g/mol. The monoisotopic (exact) mass is 296 g/mol. The lowest BCUT2D eigenvalue weighted by Gasteiger charge is -2.31. The van der Waals surface area contributed by atoms with E-state index in [-0.39, 0.29) is 18.2 Å². The minimum atomic E-state index is -0.119. The Hall–Kier alpha value is -1.10. The van der Waals surface area contributed by atoms with Crippen molar-refractivity contribution in [2.24, 2.45) is 21.8 Å². The second-order valence-corrected chi connectivity index (χ2v) is 6.46. The van der Waals surface area contributed by atoms with Gasteiger partial charge in [0, 0.05) is 0 Å². The fraction of sp³-hybridized carbons (Fsp3) is 0.875. The van der Waals surface area contributed by atoms with Crippen LogP contribution < -0.4 is 0 Å². The summed E-state index contributed by atoms with van der Waals surface area (Å²) < 4.78 is 10.9. The maximum absolute atomic E-state index is 9.61. The summed E-state index contributed by atoms with van der Waals surface area (Å²) in [7, 11) is 3.33. The van der Waals surface area contributed by atoms with Crippen molar-refractivity contribution in [3.8, 4) is 0 Å². The zero-order valence-electron chi connectivity index (χ0n) is 13.6. The van der Waals surface area contributed by atoms with E-state index in [0.29, 0.717) is 17.7 Å². The van der Waals surface area contributed by atoms with Gasteiger partial charge in [-0.1, -0.05) is 13.8 Å². The Bertz CT molecular complexity index is 398. The highest BCUT2D eigenvalue weighted by molar-refractivity contribution is 5.94. The summed E-state index contributed by atoms with van der Waals surface area (Å²) in [6.45, 7) is 4.22. The van der Waals surface area contributed by atoms with Gasteiger partial charge in [-0.05, 0) is 43.9 Å². The molecule has 1 saturated carbocycles. The molecule has 0 amide bonds. The van der Waals surface area contributed by atoms with E-state index in [2.05, 4.69) is 13.8 Å². The van der Waals surface area contributed by atoms with Crippen molar-refractivity contribution >= 4 is 11.8 Å². The van der Waals surface area contributed by atoms with Crippen LogP contribution >= 0.6 is 0 Å². The molecule has 0 saturated heterocycles. The summed E-state index contributed by atoms with van der Waals surface area (Å²) in [6.07, 6.45) is 4.71. The molecule has 0 aromatic rings. The number of methoxy groups -OCH3 is 2. The van der Waals surface area contributed by atoms with Crippen LogP contribution in [0.3, 0.4) is 0 Å². The van der Waals surface area contributed by atoms with Crippen LogP contribution in [-0.4, -0.2) is 49.3 Å². The quantitative estimate of drug-likeness (QED) is 0.870. The number of rotatable bonds is 3. The zero-order valence-corrected chi connectivity index (χ0v) is 13.6. The van der Waals surface area contributed by atoms with Crippen molar-refractivity contribution in [3.05, 3.63) is 0 Å². The van der Waals surface area contributed by atoms with Gasteiger partial charge in [-0.25, -0.2) is 9.98 Å². The maximum Gasteiger partial charge on any atom is 0.209 e. The molecular weight excluding hydrogens is 268 g/mol. The van der Waals surface area contributed by atoms with E-state index in [4.69, 9.17) is 19.5 Å². The summed E-state index contributed by atoms with van der Waals surface area (Å²) in [5.41, 5.74) is 0. The maximum atomic E-state index is 9.61. The molecule has 2 aliphatic rings. The first-order chi connectivity index (χ1) is 10.0. The fourth-order valence-electron chi connectivity index (χ4n) is 3.21. The highest BCUT2D eigenvalue weighted by atomic mass is 16.5. The normalized spacial score (nSPS) is 33.4. The van der Waals surface area contributed by atoms with Crippen molar-refractivity contribution in [3.63, 3.8) is 0 Å². The van der Waals surface area contributed by atoms with Gasteiger partial charge in [0.1, 0.15) is 12.1 Å². The van der Waals surface area contributed by atoms with Gasteiger partial charge in [-0.3, -0.25) is 0 Å². The standard InChI is InChI=1S/C16H28N2O3/c1-10(2)14-16(21-4)17-13(15(18-14)20-3)9-11-5-7-12(19)8-6-11/h10-14,19H,5-9H2,1-4H3/t11?,12?,13-,14+/m0/s1. The average Bonchev–Trinajstić information content (AvgIpc) is 2.48. The second-order valence-electron chi connectivity index (χ2n) is 6.46. The third kappa shape index (κ3) is 3.96. The van der Waals surface area contributed by atoms with E-state index in [1.165, 1.54) is 0 Å². The Labute approximate surface area is 127 Å². The predicted octanol–water partition coefficient (Wildman–Crippen LogP) is 2.42. The molecule has 1 N–H and O–H groups in total. The van der Waals surface area contributed by atoms with Crippen LogP contribution in [0.25, 0.3) is 0 Å². The van der Waals surface area contributed by atoms with Crippen molar-refractivity contribution in [1.29, 1.82) is 0 Å². The van der Waals surface area contributed by atoms with E-state index in [0.717, 1.165) is 38.0 Å². The Morgan fingerprint density at radius 1 is 1.05 bits per heavy atom. The van der Waals surface area contributed by atoms with E-state index in [1.54, 1.807) is 14.2 Å². The van der Waals surface area contributed by atoms with Crippen molar-refractivity contribution < 1.29 is 14.6 Å². The molecule has 5 nitrogen and oxygen atoms in total. The lowest BCUT2D eigenvalue weighted by molar-refractivity contribution is 0.105. The summed E-state index contributed by atoms with van der Waals surface area (Å²) in [5.74, 6) is 2.35. The van der Waals surface area contributed by atoms with Gasteiger partial charge in [0.15, 0.2) is 0 Å². The Morgan fingerprint density at radius 2 is 1.67 bits per heavy atom. The Balaban J connectivity index is 2.07. The molecule has 1 fully saturated rings. The minimum Gasteiger partial charge on any atom is -0.483 e. The topological polar surface area (TPSA) is 63.4 Å². The smallest absolute Gasteiger partial charge is 0.209 e. The van der Waals surface area contributed by atoms with Crippen molar-refractivity contribution in [2.45, 2.75) is 64.1 Å². The van der Waals surface area contributed by atoms with Gasteiger partial charge in [0.05, 0.1) is 20.3 Å². The lowest BCUT2D eigenvalue weighted by Crippen LogP contribution is -2.38. The summed E-state index contributed by atoms with van der Waals surface area (Å²) >= 11 is 0. The van der Waals surface area contributed by atoms with Gasteiger partial charge in [-0.2, -0.15) is 0 Å². The number of aliphatic imine (C=N–C) groups is 2. The van der Waals surface area contributed by atoms with Gasteiger partial charge in [0.2, 0.25) is 11.8 Å². The van der Waals surface area contributed by atoms with Gasteiger partial charge < -0.3 is 14.6 Å². The fourth-order valence-corrected chi connectivity index (χ4v) is 3.21. The minimum absolute atomic E-state index is 0.0415. The number of aliphatic hydroxyl groups excluding tert-OH is 1. The number of hydrogen-bond donors (Lipinski definition) is 1. The van der Waals surface area contributed by atoms with Gasteiger partial charge >= 0.3 is 0 Å². The first kappa shape index (κ1) is 16.3. The molecule has 1 aliphatic carbocycles. The van der Waals surface area contributed by atoms with E-state index < -0.39 is 0 Å². The van der Waals surface area contributed by atoms with Gasteiger partial charge in [-0.15, -0.1) is 0 Å². The van der Waals surface area contributed by atoms with Gasteiger partial charge in [0.25, 0.3) is 0 Å². The van der Waals surface area contributed by atoms with Crippen molar-refractivity contribution in [1.82, 2.24) is 0 Å². The molecule has 21 heavy (non-hydrogen) atoms. The molecule has 5 heteroatoms. The second kappa shape index (κ2) is 7.25. The largest absolute Gasteiger partial charge is 0.483 e. The number of nitrogens with zero attached hydrogens (tertiary/aromatic N) is 2. The number of ether oxygens (including phenoxy) is 2. The molecule has 0 radical (unpaired) electrons. The Kier molecular flexibility index (Phi) is 5.62. The predicted molar refractivity (Wildman–Crippen MR) is 83.9 cm³/mol.